The Hall–Kier alpha value is -1.43. The standard InChI is InChI=1S/C15H22N2O3/c1-11(18)9-17(2,3)16-15(19)13-6-4-12(5-7-13)8-14-10-20-14/h4-7,11,14,18H,8-10H2,1-3H3/p+1/t11-,14-/m0/s1. The Morgan fingerprint density at radius 3 is 2.55 bits per heavy atom. The van der Waals surface area contributed by atoms with E-state index in [-0.39, 0.29) is 10.5 Å². The zero-order valence-corrected chi connectivity index (χ0v) is 12.3. The molecule has 0 radical (unpaired) electrons. The predicted octanol–water partition coefficient (Wildman–Crippen LogP) is 0.730. The number of carbonyl (C=O) groups excluding carboxylic acids is 1. The van der Waals surface area contributed by atoms with E-state index in [1.165, 1.54) is 5.56 Å². The van der Waals surface area contributed by atoms with Crippen LogP contribution in [0.2, 0.25) is 0 Å². The van der Waals surface area contributed by atoms with Crippen molar-refractivity contribution in [2.24, 2.45) is 0 Å². The summed E-state index contributed by atoms with van der Waals surface area (Å²) >= 11 is 0. The van der Waals surface area contributed by atoms with Crippen molar-refractivity contribution >= 4 is 5.91 Å². The van der Waals surface area contributed by atoms with Crippen molar-refractivity contribution in [3.8, 4) is 0 Å². The zero-order valence-electron chi connectivity index (χ0n) is 12.3. The quantitative estimate of drug-likeness (QED) is 0.458. The highest BCUT2D eigenvalue weighted by Gasteiger charge is 2.24. The van der Waals surface area contributed by atoms with Crippen LogP contribution in [0.25, 0.3) is 0 Å². The largest absolute Gasteiger partial charge is 0.387 e. The van der Waals surface area contributed by atoms with Gasteiger partial charge in [0.1, 0.15) is 12.6 Å². The Morgan fingerprint density at radius 2 is 2.05 bits per heavy atom. The molecule has 0 spiro atoms. The van der Waals surface area contributed by atoms with Gasteiger partial charge in [-0.25, -0.2) is 4.59 Å². The minimum absolute atomic E-state index is 0.134. The maximum absolute atomic E-state index is 12.2. The lowest BCUT2D eigenvalue weighted by Gasteiger charge is -2.30. The summed E-state index contributed by atoms with van der Waals surface area (Å²) in [6, 6.07) is 7.58. The van der Waals surface area contributed by atoms with E-state index >= 15 is 0 Å². The van der Waals surface area contributed by atoms with Crippen LogP contribution in [0.3, 0.4) is 0 Å². The number of aliphatic hydroxyl groups is 1. The Bertz CT molecular complexity index is 465. The minimum atomic E-state index is -0.466. The van der Waals surface area contributed by atoms with Crippen molar-refractivity contribution in [2.45, 2.75) is 25.6 Å². The second kappa shape index (κ2) is 5.91. The van der Waals surface area contributed by atoms with Gasteiger partial charge in [-0.3, -0.25) is 4.79 Å². The van der Waals surface area contributed by atoms with E-state index in [4.69, 9.17) is 4.74 Å². The van der Waals surface area contributed by atoms with Crippen molar-refractivity contribution < 1.29 is 19.2 Å². The van der Waals surface area contributed by atoms with Gasteiger partial charge in [0.15, 0.2) is 0 Å². The number of benzene rings is 1. The van der Waals surface area contributed by atoms with Crippen molar-refractivity contribution in [2.75, 3.05) is 27.2 Å². The molecule has 0 aliphatic carbocycles. The molecule has 1 heterocycles. The number of ether oxygens (including phenoxy) is 1. The predicted molar refractivity (Wildman–Crippen MR) is 76.0 cm³/mol. The summed E-state index contributed by atoms with van der Waals surface area (Å²) in [5.74, 6) is -0.134. The van der Waals surface area contributed by atoms with E-state index < -0.39 is 6.10 Å². The molecule has 1 amide bonds. The number of likely N-dealkylation sites (N-methyl/N-ethyl adjacent to an activating group) is 1. The first-order valence-corrected chi connectivity index (χ1v) is 6.90. The van der Waals surface area contributed by atoms with Gasteiger partial charge in [-0.2, -0.15) is 5.43 Å². The molecule has 0 saturated carbocycles. The van der Waals surface area contributed by atoms with Crippen LogP contribution in [0, 0.1) is 0 Å². The number of rotatable bonds is 6. The molecule has 2 N–H and O–H groups in total. The topological polar surface area (TPSA) is 61.9 Å². The smallest absolute Gasteiger partial charge is 0.295 e. The number of nitrogens with one attached hydrogen (secondary N) is 1. The number of amides is 1. The molecule has 110 valence electrons. The highest BCUT2D eigenvalue weighted by Crippen LogP contribution is 2.16. The highest BCUT2D eigenvalue weighted by atomic mass is 16.6. The van der Waals surface area contributed by atoms with Crippen LogP contribution in [0.4, 0.5) is 0 Å². The molecule has 1 aromatic carbocycles. The Labute approximate surface area is 119 Å². The molecule has 1 fully saturated rings. The van der Waals surface area contributed by atoms with Gasteiger partial charge in [-0.1, -0.05) is 12.1 Å². The number of carbonyl (C=O) groups is 1. The SMILES string of the molecule is C[C@H](O)C[N+](C)(C)NC(=O)c1ccc(C[C@H]2CO2)cc1. The molecule has 0 unspecified atom stereocenters. The van der Waals surface area contributed by atoms with Gasteiger partial charge in [0, 0.05) is 12.0 Å². The van der Waals surface area contributed by atoms with Crippen LogP contribution in [0.15, 0.2) is 24.3 Å². The Kier molecular flexibility index (Phi) is 4.42. The summed E-state index contributed by atoms with van der Waals surface area (Å²) in [5, 5.41) is 9.42. The summed E-state index contributed by atoms with van der Waals surface area (Å²) in [7, 11) is 3.70. The molecule has 20 heavy (non-hydrogen) atoms. The molecular weight excluding hydrogens is 256 g/mol. The molecule has 1 saturated heterocycles. The first-order chi connectivity index (χ1) is 9.35. The fourth-order valence-electron chi connectivity index (χ4n) is 2.29. The van der Waals surface area contributed by atoms with Crippen LogP contribution in [-0.4, -0.2) is 55.1 Å². The van der Waals surface area contributed by atoms with Crippen molar-refractivity contribution in [1.29, 1.82) is 0 Å². The van der Waals surface area contributed by atoms with E-state index in [1.807, 2.05) is 38.4 Å². The summed E-state index contributed by atoms with van der Waals surface area (Å²) < 4.78 is 5.43. The molecule has 1 aliphatic heterocycles. The van der Waals surface area contributed by atoms with E-state index in [2.05, 4.69) is 5.43 Å². The van der Waals surface area contributed by atoms with Gasteiger partial charge in [0.25, 0.3) is 5.91 Å². The monoisotopic (exact) mass is 279 g/mol. The summed E-state index contributed by atoms with van der Waals surface area (Å²) in [4.78, 5) is 12.2. The van der Waals surface area contributed by atoms with Crippen LogP contribution < -0.4 is 5.43 Å². The first-order valence-electron chi connectivity index (χ1n) is 6.90. The Morgan fingerprint density at radius 1 is 1.45 bits per heavy atom. The average Bonchev–Trinajstić information content (AvgIpc) is 3.11. The van der Waals surface area contributed by atoms with Gasteiger partial charge in [0.2, 0.25) is 0 Å². The molecule has 0 bridgehead atoms. The lowest BCUT2D eigenvalue weighted by molar-refractivity contribution is -0.927. The fourth-order valence-corrected chi connectivity index (χ4v) is 2.29. The molecule has 5 heteroatoms. The fraction of sp³-hybridized carbons (Fsp3) is 0.533. The molecule has 5 nitrogen and oxygen atoms in total. The van der Waals surface area contributed by atoms with Crippen molar-refractivity contribution in [3.63, 3.8) is 0 Å². The van der Waals surface area contributed by atoms with E-state index in [1.54, 1.807) is 6.92 Å². The van der Waals surface area contributed by atoms with Gasteiger partial charge >= 0.3 is 0 Å². The number of epoxide rings is 1. The third kappa shape index (κ3) is 4.59. The maximum Gasteiger partial charge on any atom is 0.295 e. The van der Waals surface area contributed by atoms with E-state index in [0.29, 0.717) is 18.2 Å². The number of hydrogen-bond donors (Lipinski definition) is 2. The third-order valence-electron chi connectivity index (χ3n) is 3.21. The van der Waals surface area contributed by atoms with E-state index in [9.17, 15) is 9.90 Å². The maximum atomic E-state index is 12.2. The second-order valence-electron chi connectivity index (χ2n) is 6.01. The molecule has 0 aromatic heterocycles. The minimum Gasteiger partial charge on any atom is -0.387 e. The first kappa shape index (κ1) is 15.0. The van der Waals surface area contributed by atoms with Crippen molar-refractivity contribution in [3.05, 3.63) is 35.4 Å². The second-order valence-corrected chi connectivity index (χ2v) is 6.01. The zero-order chi connectivity index (χ0) is 14.8. The molecule has 2 rings (SSSR count). The normalized spacial score (nSPS) is 19.5. The summed E-state index contributed by atoms with van der Waals surface area (Å²) in [6.07, 6.45) is 0.799. The van der Waals surface area contributed by atoms with Crippen LogP contribution in [-0.2, 0) is 11.2 Å². The van der Waals surface area contributed by atoms with Gasteiger partial charge < -0.3 is 9.84 Å². The van der Waals surface area contributed by atoms with Gasteiger partial charge in [0.05, 0.1) is 26.8 Å². The van der Waals surface area contributed by atoms with Crippen molar-refractivity contribution in [1.82, 2.24) is 5.43 Å². The lowest BCUT2D eigenvalue weighted by Crippen LogP contribution is -2.57. The van der Waals surface area contributed by atoms with Gasteiger partial charge in [-0.05, 0) is 24.6 Å². The molecule has 1 aromatic rings. The highest BCUT2D eigenvalue weighted by molar-refractivity contribution is 5.93. The molecule has 1 aliphatic rings. The molecule has 2 atom stereocenters. The summed E-state index contributed by atoms with van der Waals surface area (Å²) in [6.45, 7) is 3.01. The molecular formula is C15H23N2O3+. The number of quaternary nitrogens is 1. The van der Waals surface area contributed by atoms with Crippen LogP contribution in [0.1, 0.15) is 22.8 Å². The van der Waals surface area contributed by atoms with Gasteiger partial charge in [-0.15, -0.1) is 0 Å². The average molecular weight is 279 g/mol. The Balaban J connectivity index is 1.94. The summed E-state index contributed by atoms with van der Waals surface area (Å²) in [5.41, 5.74) is 4.70. The third-order valence-corrected chi connectivity index (χ3v) is 3.21. The number of nitrogens with zero attached hydrogens (tertiary/aromatic N) is 1. The lowest BCUT2D eigenvalue weighted by atomic mass is 10.1. The number of aliphatic hydroxyl groups excluding tert-OH is 1. The van der Waals surface area contributed by atoms with Crippen LogP contribution >= 0.6 is 0 Å². The van der Waals surface area contributed by atoms with Crippen LogP contribution in [0.5, 0.6) is 0 Å². The van der Waals surface area contributed by atoms with E-state index in [0.717, 1.165) is 13.0 Å². The number of hydrogen-bond acceptors (Lipinski definition) is 3.